The number of carboxylic acid groups (broad SMARTS) is 2. The van der Waals surface area contributed by atoms with Crippen LogP contribution < -0.4 is 10.3 Å². The van der Waals surface area contributed by atoms with Crippen LogP contribution in [0, 0.1) is 0 Å². The number of nitrogens with zero attached hydrogens (tertiary/aromatic N) is 3. The lowest BCUT2D eigenvalue weighted by Crippen LogP contribution is -2.23. The van der Waals surface area contributed by atoms with Crippen molar-refractivity contribution in [3.8, 4) is 22.5 Å². The Labute approximate surface area is 249 Å². The highest BCUT2D eigenvalue weighted by atomic mass is 35.5. The molecule has 9 nitrogen and oxygen atoms in total. The number of pyridine rings is 2. The molecule has 2 N–H and O–H groups in total. The summed E-state index contributed by atoms with van der Waals surface area (Å²) in [5.41, 5.74) is 3.52. The normalized spacial score (nSPS) is 11.1. The highest BCUT2D eigenvalue weighted by Gasteiger charge is 2.23. The van der Waals surface area contributed by atoms with Crippen LogP contribution in [-0.2, 0) is 13.1 Å². The van der Waals surface area contributed by atoms with Crippen molar-refractivity contribution < 1.29 is 24.2 Å². The molecule has 0 radical (unpaired) electrons. The summed E-state index contributed by atoms with van der Waals surface area (Å²) >= 11 is 6.23. The first-order chi connectivity index (χ1) is 20.8. The number of fused-ring (bicyclic) bond motifs is 2. The molecule has 6 rings (SSSR count). The van der Waals surface area contributed by atoms with Gasteiger partial charge in [0.05, 0.1) is 35.1 Å². The maximum atomic E-state index is 12.5. The third-order valence-corrected chi connectivity index (χ3v) is 7.30. The van der Waals surface area contributed by atoms with Crippen LogP contribution >= 0.6 is 11.6 Å². The summed E-state index contributed by atoms with van der Waals surface area (Å²) in [7, 11) is 0. The fourth-order valence-corrected chi connectivity index (χ4v) is 5.23. The van der Waals surface area contributed by atoms with Gasteiger partial charge in [-0.2, -0.15) is 0 Å². The summed E-state index contributed by atoms with van der Waals surface area (Å²) in [5.74, 6) is -1.97. The zero-order chi connectivity index (χ0) is 30.1. The number of rotatable bonds is 8. The second kappa shape index (κ2) is 11.4. The van der Waals surface area contributed by atoms with Crippen molar-refractivity contribution in [2.75, 3.05) is 4.90 Å². The molecule has 2 aromatic carbocycles. The highest BCUT2D eigenvalue weighted by molar-refractivity contribution is 6.31. The molecule has 4 aromatic rings. The molecule has 0 saturated heterocycles. The van der Waals surface area contributed by atoms with Gasteiger partial charge in [0.15, 0.2) is 0 Å². The monoisotopic (exact) mass is 591 g/mol. The Bertz CT molecular complexity index is 2040. The largest absolute Gasteiger partial charge is 0.478 e. The Morgan fingerprint density at radius 3 is 2.35 bits per heavy atom. The minimum atomic E-state index is -1.12. The SMILES string of the molecule is O=C(O)c1cccc(CN(Cc2ccccn2)c2ccc3c(-c4ccccc4C(=O)O)c4cc(Cl)c(=O)cc-4oc3c2)n1. The molecule has 0 bridgehead atoms. The van der Waals surface area contributed by atoms with Gasteiger partial charge in [-0.1, -0.05) is 41.9 Å². The number of benzene rings is 3. The first kappa shape index (κ1) is 27.6. The number of hydrogen-bond donors (Lipinski definition) is 2. The molecule has 0 atom stereocenters. The van der Waals surface area contributed by atoms with Crippen molar-refractivity contribution in [2.45, 2.75) is 13.1 Å². The molecular weight excluding hydrogens is 570 g/mol. The Morgan fingerprint density at radius 1 is 0.814 bits per heavy atom. The van der Waals surface area contributed by atoms with Crippen LogP contribution in [0.4, 0.5) is 5.69 Å². The Balaban J connectivity index is 1.55. The van der Waals surface area contributed by atoms with Crippen LogP contribution in [-0.4, -0.2) is 32.1 Å². The molecule has 1 aliphatic carbocycles. The van der Waals surface area contributed by atoms with E-state index in [-0.39, 0.29) is 28.6 Å². The maximum Gasteiger partial charge on any atom is 0.354 e. The lowest BCUT2D eigenvalue weighted by Gasteiger charge is -2.25. The highest BCUT2D eigenvalue weighted by Crippen LogP contribution is 2.43. The van der Waals surface area contributed by atoms with E-state index in [4.69, 9.17) is 16.0 Å². The van der Waals surface area contributed by atoms with Crippen LogP contribution in [0.2, 0.25) is 5.02 Å². The predicted molar refractivity (Wildman–Crippen MR) is 162 cm³/mol. The van der Waals surface area contributed by atoms with E-state index < -0.39 is 17.4 Å². The van der Waals surface area contributed by atoms with Crippen molar-refractivity contribution in [1.82, 2.24) is 9.97 Å². The van der Waals surface area contributed by atoms with E-state index in [1.165, 1.54) is 24.3 Å². The summed E-state index contributed by atoms with van der Waals surface area (Å²) in [6.45, 7) is 0.625. The van der Waals surface area contributed by atoms with Crippen LogP contribution in [0.3, 0.4) is 0 Å². The topological polar surface area (TPSA) is 134 Å². The molecule has 2 aliphatic rings. The first-order valence-electron chi connectivity index (χ1n) is 13.2. The van der Waals surface area contributed by atoms with Gasteiger partial charge < -0.3 is 19.5 Å². The quantitative estimate of drug-likeness (QED) is 0.187. The molecule has 0 fully saturated rings. The van der Waals surface area contributed by atoms with Gasteiger partial charge >= 0.3 is 11.9 Å². The van der Waals surface area contributed by atoms with Gasteiger partial charge in [-0.05, 0) is 54.1 Å². The van der Waals surface area contributed by atoms with Crippen LogP contribution in [0.15, 0.2) is 106 Å². The fraction of sp³-hybridized carbons (Fsp3) is 0.0606. The van der Waals surface area contributed by atoms with Gasteiger partial charge in [-0.15, -0.1) is 0 Å². The summed E-state index contributed by atoms with van der Waals surface area (Å²) < 4.78 is 6.24. The Kier molecular flexibility index (Phi) is 7.31. The summed E-state index contributed by atoms with van der Waals surface area (Å²) in [6, 6.07) is 25.3. The number of aromatic nitrogens is 2. The fourth-order valence-electron chi connectivity index (χ4n) is 5.06. The lowest BCUT2D eigenvalue weighted by atomic mass is 9.90. The smallest absolute Gasteiger partial charge is 0.354 e. The number of carboxylic acids is 2. The van der Waals surface area contributed by atoms with Crippen molar-refractivity contribution in [3.63, 3.8) is 0 Å². The Morgan fingerprint density at radius 2 is 1.58 bits per heavy atom. The third kappa shape index (κ3) is 5.53. The molecule has 212 valence electrons. The Hall–Kier alpha value is -5.54. The number of hydrogen-bond acceptors (Lipinski definition) is 7. The second-order valence-corrected chi connectivity index (χ2v) is 10.2. The van der Waals surface area contributed by atoms with E-state index in [1.807, 2.05) is 35.2 Å². The molecule has 43 heavy (non-hydrogen) atoms. The molecule has 3 heterocycles. The molecule has 0 spiro atoms. The van der Waals surface area contributed by atoms with E-state index in [2.05, 4.69) is 9.97 Å². The van der Waals surface area contributed by atoms with Crippen LogP contribution in [0.25, 0.3) is 33.4 Å². The summed E-state index contributed by atoms with van der Waals surface area (Å²) in [6.07, 6.45) is 1.69. The molecule has 10 heteroatoms. The van der Waals surface area contributed by atoms with Gasteiger partial charge in [-0.25, -0.2) is 14.6 Å². The standard InChI is InChI=1S/C33H22ClN3O6/c34-26-15-25-30(16-28(26)38)43-29-14-21(11-12-24(29)31(25)22-8-1-2-9-23(22)32(39)40)37(17-19-6-3-4-13-35-19)18-20-7-5-10-27(36-20)33(41)42/h1-16H,17-18H2,(H,39,40)(H,41,42). The van der Waals surface area contributed by atoms with Crippen molar-refractivity contribution >= 4 is 40.2 Å². The first-order valence-corrected chi connectivity index (χ1v) is 13.5. The van der Waals surface area contributed by atoms with Crippen molar-refractivity contribution in [1.29, 1.82) is 0 Å². The molecule has 1 aliphatic heterocycles. The number of carbonyl (C=O) groups is 2. The third-order valence-electron chi connectivity index (χ3n) is 7.01. The van der Waals surface area contributed by atoms with E-state index in [0.29, 0.717) is 45.6 Å². The number of aromatic carboxylic acids is 2. The number of halogens is 1. The van der Waals surface area contributed by atoms with Crippen LogP contribution in [0.1, 0.15) is 32.2 Å². The zero-order valence-corrected chi connectivity index (χ0v) is 23.2. The molecule has 2 aromatic heterocycles. The van der Waals surface area contributed by atoms with Gasteiger partial charge in [0.2, 0.25) is 5.43 Å². The molecule has 0 unspecified atom stereocenters. The average Bonchev–Trinajstić information content (AvgIpc) is 3.01. The second-order valence-electron chi connectivity index (χ2n) is 9.78. The maximum absolute atomic E-state index is 12.5. The predicted octanol–water partition coefficient (Wildman–Crippen LogP) is 6.61. The summed E-state index contributed by atoms with van der Waals surface area (Å²) in [4.78, 5) is 47.0. The van der Waals surface area contributed by atoms with Crippen molar-refractivity contribution in [3.05, 3.63) is 135 Å². The minimum absolute atomic E-state index is 0.00893. The van der Waals surface area contributed by atoms with E-state index >= 15 is 0 Å². The minimum Gasteiger partial charge on any atom is -0.478 e. The average molecular weight is 592 g/mol. The van der Waals surface area contributed by atoms with Crippen molar-refractivity contribution in [2.24, 2.45) is 0 Å². The van der Waals surface area contributed by atoms with Crippen LogP contribution in [0.5, 0.6) is 0 Å². The van der Waals surface area contributed by atoms with Gasteiger partial charge in [0, 0.05) is 40.5 Å². The van der Waals surface area contributed by atoms with Gasteiger partial charge in [0.1, 0.15) is 17.0 Å². The zero-order valence-electron chi connectivity index (χ0n) is 22.4. The molecule has 0 amide bonds. The van der Waals surface area contributed by atoms with E-state index in [9.17, 15) is 24.6 Å². The lowest BCUT2D eigenvalue weighted by molar-refractivity contribution is 0.0682. The van der Waals surface area contributed by atoms with Gasteiger partial charge in [-0.3, -0.25) is 9.78 Å². The van der Waals surface area contributed by atoms with Gasteiger partial charge in [0.25, 0.3) is 0 Å². The number of anilines is 1. The molecular formula is C33H22ClN3O6. The summed E-state index contributed by atoms with van der Waals surface area (Å²) in [5, 5.41) is 20.0. The molecule has 0 saturated carbocycles. The van der Waals surface area contributed by atoms with E-state index in [1.54, 1.807) is 42.6 Å². The van der Waals surface area contributed by atoms with E-state index in [0.717, 1.165) is 5.69 Å².